The maximum Gasteiger partial charge on any atom is 0.349 e. The van der Waals surface area contributed by atoms with E-state index in [0.29, 0.717) is 11.4 Å². The number of benzene rings is 1. The van der Waals surface area contributed by atoms with E-state index >= 15 is 0 Å². The lowest BCUT2D eigenvalue weighted by atomic mass is 10.3. The smallest absolute Gasteiger partial charge is 0.349 e. The molecule has 0 saturated heterocycles. The third kappa shape index (κ3) is 3.34. The van der Waals surface area contributed by atoms with Crippen molar-refractivity contribution in [3.05, 3.63) is 40.6 Å². The molecule has 0 fully saturated rings. The first-order chi connectivity index (χ1) is 9.97. The molecule has 21 heavy (non-hydrogen) atoms. The van der Waals surface area contributed by atoms with Crippen LogP contribution in [0, 0.1) is 0 Å². The van der Waals surface area contributed by atoms with Gasteiger partial charge in [0.25, 0.3) is 10.0 Å². The van der Waals surface area contributed by atoms with Crippen LogP contribution in [0.4, 0.5) is 5.69 Å². The summed E-state index contributed by atoms with van der Waals surface area (Å²) in [6.07, 6.45) is 0. The number of esters is 1. The minimum atomic E-state index is -3.86. The van der Waals surface area contributed by atoms with Gasteiger partial charge in [-0.1, -0.05) is 0 Å². The van der Waals surface area contributed by atoms with E-state index in [1.807, 2.05) is 0 Å². The molecule has 1 aromatic heterocycles. The van der Waals surface area contributed by atoms with Gasteiger partial charge in [-0.25, -0.2) is 13.2 Å². The van der Waals surface area contributed by atoms with Crippen molar-refractivity contribution in [2.45, 2.75) is 4.90 Å². The van der Waals surface area contributed by atoms with Gasteiger partial charge in [0, 0.05) is 5.69 Å². The SMILES string of the molecule is COC(=O)c1sccc1S(=O)(=O)Nc1ccc(OC)cc1. The number of thiophene rings is 1. The van der Waals surface area contributed by atoms with Crippen LogP contribution in [0.2, 0.25) is 0 Å². The summed E-state index contributed by atoms with van der Waals surface area (Å²) in [4.78, 5) is 11.5. The van der Waals surface area contributed by atoms with Gasteiger partial charge >= 0.3 is 5.97 Å². The molecule has 0 aliphatic rings. The normalized spacial score (nSPS) is 11.0. The van der Waals surface area contributed by atoms with E-state index in [1.54, 1.807) is 24.3 Å². The maximum atomic E-state index is 12.3. The van der Waals surface area contributed by atoms with Crippen molar-refractivity contribution in [1.82, 2.24) is 0 Å². The van der Waals surface area contributed by atoms with Gasteiger partial charge < -0.3 is 9.47 Å². The molecular weight excluding hydrogens is 314 g/mol. The molecule has 0 radical (unpaired) electrons. The summed E-state index contributed by atoms with van der Waals surface area (Å²) in [6.45, 7) is 0. The second kappa shape index (κ2) is 6.15. The van der Waals surface area contributed by atoms with Crippen molar-refractivity contribution in [2.75, 3.05) is 18.9 Å². The van der Waals surface area contributed by atoms with Gasteiger partial charge in [-0.15, -0.1) is 11.3 Å². The lowest BCUT2D eigenvalue weighted by Crippen LogP contribution is -2.15. The molecule has 0 unspecified atom stereocenters. The second-order valence-corrected chi connectivity index (χ2v) is 6.51. The Morgan fingerprint density at radius 2 is 1.81 bits per heavy atom. The molecule has 0 spiro atoms. The molecule has 2 aromatic rings. The molecule has 0 bridgehead atoms. The molecule has 0 amide bonds. The number of nitrogens with one attached hydrogen (secondary N) is 1. The number of anilines is 1. The van der Waals surface area contributed by atoms with Crippen LogP contribution in [0.5, 0.6) is 5.75 Å². The summed E-state index contributed by atoms with van der Waals surface area (Å²) in [6, 6.07) is 7.77. The first kappa shape index (κ1) is 15.3. The Kier molecular flexibility index (Phi) is 4.49. The van der Waals surface area contributed by atoms with Crippen LogP contribution in [0.3, 0.4) is 0 Å². The molecule has 0 aliphatic heterocycles. The van der Waals surface area contributed by atoms with Crippen molar-refractivity contribution < 1.29 is 22.7 Å². The van der Waals surface area contributed by atoms with Crippen molar-refractivity contribution in [2.24, 2.45) is 0 Å². The van der Waals surface area contributed by atoms with Crippen LogP contribution >= 0.6 is 11.3 Å². The predicted molar refractivity (Wildman–Crippen MR) is 79.5 cm³/mol. The van der Waals surface area contributed by atoms with E-state index in [-0.39, 0.29) is 9.77 Å². The Labute approximate surface area is 126 Å². The Balaban J connectivity index is 2.30. The monoisotopic (exact) mass is 327 g/mol. The highest BCUT2D eigenvalue weighted by Gasteiger charge is 2.24. The average molecular weight is 327 g/mol. The zero-order valence-corrected chi connectivity index (χ0v) is 13.0. The van der Waals surface area contributed by atoms with Gasteiger partial charge in [0.1, 0.15) is 15.5 Å². The fraction of sp³-hybridized carbons (Fsp3) is 0.154. The minimum Gasteiger partial charge on any atom is -0.497 e. The second-order valence-electron chi connectivity index (χ2n) is 3.94. The van der Waals surface area contributed by atoms with Crippen LogP contribution in [0.15, 0.2) is 40.6 Å². The molecule has 6 nitrogen and oxygen atoms in total. The first-order valence-electron chi connectivity index (χ1n) is 5.80. The highest BCUT2D eigenvalue weighted by atomic mass is 32.2. The lowest BCUT2D eigenvalue weighted by molar-refractivity contribution is 0.0602. The topological polar surface area (TPSA) is 81.7 Å². The summed E-state index contributed by atoms with van der Waals surface area (Å²) in [7, 11) is -1.13. The Morgan fingerprint density at radius 3 is 2.38 bits per heavy atom. The average Bonchev–Trinajstić information content (AvgIpc) is 2.97. The Morgan fingerprint density at radius 1 is 1.14 bits per heavy atom. The number of methoxy groups -OCH3 is 2. The van der Waals surface area contributed by atoms with Gasteiger partial charge in [-0.05, 0) is 35.7 Å². The molecule has 0 saturated carbocycles. The van der Waals surface area contributed by atoms with Crippen molar-refractivity contribution in [3.8, 4) is 5.75 Å². The number of carbonyl (C=O) groups is 1. The van der Waals surface area contributed by atoms with Crippen LogP contribution in [-0.2, 0) is 14.8 Å². The van der Waals surface area contributed by atoms with Crippen LogP contribution < -0.4 is 9.46 Å². The number of carbonyl (C=O) groups excluding carboxylic acids is 1. The maximum absolute atomic E-state index is 12.3. The summed E-state index contributed by atoms with van der Waals surface area (Å²) < 4.78 is 36.6. The van der Waals surface area contributed by atoms with Crippen LogP contribution in [0.25, 0.3) is 0 Å². The minimum absolute atomic E-state index is 0.0403. The number of hydrogen-bond donors (Lipinski definition) is 1. The van der Waals surface area contributed by atoms with Gasteiger partial charge in [0.15, 0.2) is 0 Å². The van der Waals surface area contributed by atoms with Crippen molar-refractivity contribution in [3.63, 3.8) is 0 Å². The van der Waals surface area contributed by atoms with Gasteiger partial charge in [0.05, 0.1) is 14.2 Å². The molecule has 1 aromatic carbocycles. The highest BCUT2D eigenvalue weighted by molar-refractivity contribution is 7.93. The van der Waals surface area contributed by atoms with Crippen molar-refractivity contribution >= 4 is 33.0 Å². The molecule has 1 heterocycles. The molecular formula is C13H13NO5S2. The lowest BCUT2D eigenvalue weighted by Gasteiger charge is -2.08. The third-order valence-corrected chi connectivity index (χ3v) is 5.08. The number of sulfonamides is 1. The summed E-state index contributed by atoms with van der Waals surface area (Å²) in [5.41, 5.74) is 0.373. The summed E-state index contributed by atoms with van der Waals surface area (Å²) >= 11 is 1.01. The van der Waals surface area contributed by atoms with E-state index in [4.69, 9.17) is 4.74 Å². The predicted octanol–water partition coefficient (Wildman–Crippen LogP) is 2.34. The van der Waals surface area contributed by atoms with Gasteiger partial charge in [-0.2, -0.15) is 0 Å². The van der Waals surface area contributed by atoms with Crippen molar-refractivity contribution in [1.29, 1.82) is 0 Å². The standard InChI is InChI=1S/C13H13NO5S2/c1-18-10-5-3-9(4-6-10)14-21(16,17)11-7-8-20-12(11)13(15)19-2/h3-8,14H,1-2H3. The largest absolute Gasteiger partial charge is 0.497 e. The van der Waals surface area contributed by atoms with E-state index in [1.165, 1.54) is 25.7 Å². The third-order valence-electron chi connectivity index (χ3n) is 2.63. The van der Waals surface area contributed by atoms with E-state index in [2.05, 4.69) is 9.46 Å². The molecule has 0 atom stereocenters. The van der Waals surface area contributed by atoms with Gasteiger partial charge in [-0.3, -0.25) is 4.72 Å². The number of ether oxygens (including phenoxy) is 2. The highest BCUT2D eigenvalue weighted by Crippen LogP contribution is 2.25. The molecule has 0 aliphatic carbocycles. The first-order valence-corrected chi connectivity index (χ1v) is 8.17. The Bertz CT molecular complexity index is 734. The zero-order chi connectivity index (χ0) is 15.5. The van der Waals surface area contributed by atoms with Crippen LogP contribution in [0.1, 0.15) is 9.67 Å². The van der Waals surface area contributed by atoms with Gasteiger partial charge in [0.2, 0.25) is 0 Å². The molecule has 8 heteroatoms. The molecule has 112 valence electrons. The van der Waals surface area contributed by atoms with E-state index < -0.39 is 16.0 Å². The molecule has 2 rings (SSSR count). The Hall–Kier alpha value is -2.06. The fourth-order valence-electron chi connectivity index (χ4n) is 1.62. The number of rotatable bonds is 5. The summed E-state index contributed by atoms with van der Waals surface area (Å²) in [5, 5.41) is 1.52. The fourth-order valence-corrected chi connectivity index (χ4v) is 4.01. The zero-order valence-electron chi connectivity index (χ0n) is 11.3. The quantitative estimate of drug-likeness (QED) is 0.853. The van der Waals surface area contributed by atoms with Crippen LogP contribution in [-0.4, -0.2) is 28.6 Å². The molecule has 1 N–H and O–H groups in total. The number of hydrogen-bond acceptors (Lipinski definition) is 6. The van der Waals surface area contributed by atoms with E-state index in [0.717, 1.165) is 11.3 Å². The van der Waals surface area contributed by atoms with E-state index in [9.17, 15) is 13.2 Å². The summed E-state index contributed by atoms with van der Waals surface area (Å²) in [5.74, 6) is -0.0659.